The van der Waals surface area contributed by atoms with Crippen molar-refractivity contribution in [3.8, 4) is 66.8 Å². The molecule has 0 amide bonds. The fourth-order valence-corrected chi connectivity index (χ4v) is 12.0. The third kappa shape index (κ3) is 5.36. The summed E-state index contributed by atoms with van der Waals surface area (Å²) in [5, 5.41) is 8.51. The van der Waals surface area contributed by atoms with Crippen LogP contribution in [0.25, 0.3) is 110 Å². The van der Waals surface area contributed by atoms with E-state index in [1.807, 2.05) is 12.1 Å². The van der Waals surface area contributed by atoms with Crippen LogP contribution in [0.15, 0.2) is 194 Å². The third-order valence-electron chi connectivity index (χ3n) is 15.2. The Balaban J connectivity index is 0.985. The Morgan fingerprint density at radius 1 is 0.273 bits per heavy atom. The minimum atomic E-state index is -0.591. The second-order valence-corrected chi connectivity index (χ2v) is 19.4. The normalized spacial score (nSPS) is 14.2. The van der Waals surface area contributed by atoms with Gasteiger partial charge in [-0.3, -0.25) is 0 Å². The average Bonchev–Trinajstić information content (AvgIpc) is 3.71. The highest BCUT2D eigenvalue weighted by atomic mass is 19.1. The standard InChI is InChI=1S/C64H44F2/c1-63(2)54-24-14-13-15-41(54)42-29-25-37(33-55(42)63)38-26-30-43-44-31-27-39(35-57(44)64(3,4)56(43)34-38)59-45-16-5-9-20-49(45)61(50-21-10-6-17-46(50)59)62-51-22-11-7-18-47(51)60(48-19-8-12-23-52(48)62)53-32-28-40(65)36-58(53)66/h5-36H,1-4H3. The predicted molar refractivity (Wildman–Crippen MR) is 273 cm³/mol. The highest BCUT2D eigenvalue weighted by Crippen LogP contribution is 2.55. The maximum Gasteiger partial charge on any atom is 0.133 e. The lowest BCUT2D eigenvalue weighted by Crippen LogP contribution is -2.15. The molecule has 13 rings (SSSR count). The van der Waals surface area contributed by atoms with Crippen LogP contribution in [-0.2, 0) is 10.8 Å². The largest absolute Gasteiger partial charge is 0.207 e. The van der Waals surface area contributed by atoms with Crippen molar-refractivity contribution in [1.29, 1.82) is 0 Å². The van der Waals surface area contributed by atoms with Crippen molar-refractivity contribution in [2.24, 2.45) is 0 Å². The number of benzene rings is 11. The van der Waals surface area contributed by atoms with Gasteiger partial charge in [-0.2, -0.15) is 0 Å². The van der Waals surface area contributed by atoms with Crippen LogP contribution >= 0.6 is 0 Å². The van der Waals surface area contributed by atoms with Crippen LogP contribution in [-0.4, -0.2) is 0 Å². The number of rotatable bonds is 4. The van der Waals surface area contributed by atoms with E-state index in [1.165, 1.54) is 83.6 Å². The van der Waals surface area contributed by atoms with E-state index in [-0.39, 0.29) is 10.8 Å². The second-order valence-electron chi connectivity index (χ2n) is 19.4. The van der Waals surface area contributed by atoms with E-state index in [1.54, 1.807) is 6.07 Å². The molecule has 0 N–H and O–H groups in total. The maximum atomic E-state index is 15.8. The molecule has 0 fully saturated rings. The Bertz CT molecular complexity index is 3790. The first-order chi connectivity index (χ1) is 32.1. The van der Waals surface area contributed by atoms with Gasteiger partial charge in [0.2, 0.25) is 0 Å². The van der Waals surface area contributed by atoms with Crippen LogP contribution in [0.1, 0.15) is 49.9 Å². The van der Waals surface area contributed by atoms with Gasteiger partial charge in [-0.15, -0.1) is 0 Å². The zero-order valence-electron chi connectivity index (χ0n) is 37.2. The molecule has 0 saturated heterocycles. The van der Waals surface area contributed by atoms with Gasteiger partial charge in [0.1, 0.15) is 11.6 Å². The zero-order valence-corrected chi connectivity index (χ0v) is 37.2. The van der Waals surface area contributed by atoms with Gasteiger partial charge in [-0.1, -0.05) is 185 Å². The van der Waals surface area contributed by atoms with E-state index in [0.29, 0.717) is 5.56 Å². The zero-order chi connectivity index (χ0) is 44.6. The topological polar surface area (TPSA) is 0 Å². The monoisotopic (exact) mass is 850 g/mol. The highest BCUT2D eigenvalue weighted by molar-refractivity contribution is 6.30. The second kappa shape index (κ2) is 13.9. The van der Waals surface area contributed by atoms with Crippen LogP contribution in [0.5, 0.6) is 0 Å². The third-order valence-corrected chi connectivity index (χ3v) is 15.2. The van der Waals surface area contributed by atoms with Crippen LogP contribution in [0.2, 0.25) is 0 Å². The summed E-state index contributed by atoms with van der Waals surface area (Å²) >= 11 is 0. The van der Waals surface area contributed by atoms with Crippen molar-refractivity contribution >= 4 is 43.1 Å². The fraction of sp³-hybridized carbons (Fsp3) is 0.0938. The SMILES string of the molecule is CC1(C)c2ccccc2-c2ccc(-c3ccc4c(c3)C(C)(C)c3cc(-c5c6ccccc6c(-c6c7ccccc7c(-c7ccc(F)cc7F)c7ccccc67)c6ccccc56)ccc3-4)cc21. The molecule has 2 aliphatic rings. The molecule has 0 atom stereocenters. The molecule has 0 unspecified atom stereocenters. The van der Waals surface area contributed by atoms with E-state index in [0.717, 1.165) is 55.1 Å². The number of hydrogen-bond acceptors (Lipinski definition) is 0. The van der Waals surface area contributed by atoms with Gasteiger partial charge in [0.05, 0.1) is 0 Å². The van der Waals surface area contributed by atoms with Crippen molar-refractivity contribution in [2.45, 2.75) is 38.5 Å². The first-order valence-electron chi connectivity index (χ1n) is 23.0. The van der Waals surface area contributed by atoms with Crippen molar-refractivity contribution in [1.82, 2.24) is 0 Å². The van der Waals surface area contributed by atoms with Gasteiger partial charge in [-0.05, 0) is 151 Å². The van der Waals surface area contributed by atoms with Crippen molar-refractivity contribution in [3.05, 3.63) is 228 Å². The van der Waals surface area contributed by atoms with Crippen molar-refractivity contribution in [2.75, 3.05) is 0 Å². The Morgan fingerprint density at radius 3 is 1.06 bits per heavy atom. The molecule has 2 heteroatoms. The predicted octanol–water partition coefficient (Wildman–Crippen LogP) is 17.9. The van der Waals surface area contributed by atoms with Crippen LogP contribution in [0.4, 0.5) is 8.78 Å². The number of hydrogen-bond donors (Lipinski definition) is 0. The Kier molecular flexibility index (Phi) is 8.17. The Morgan fingerprint density at radius 2 is 0.606 bits per heavy atom. The molecule has 11 aromatic carbocycles. The summed E-state index contributed by atoms with van der Waals surface area (Å²) in [6.07, 6.45) is 0. The molecule has 0 heterocycles. The average molecular weight is 851 g/mol. The molecular weight excluding hydrogens is 807 g/mol. The van der Waals surface area contributed by atoms with Gasteiger partial charge in [0.15, 0.2) is 0 Å². The quantitative estimate of drug-likeness (QED) is 0.155. The van der Waals surface area contributed by atoms with E-state index in [9.17, 15) is 4.39 Å². The van der Waals surface area contributed by atoms with E-state index >= 15 is 4.39 Å². The first-order valence-corrected chi connectivity index (χ1v) is 23.0. The first kappa shape index (κ1) is 38.8. The fourth-order valence-electron chi connectivity index (χ4n) is 12.0. The maximum absolute atomic E-state index is 15.8. The molecule has 314 valence electrons. The molecule has 0 radical (unpaired) electrons. The Labute approximate surface area is 383 Å². The highest BCUT2D eigenvalue weighted by Gasteiger charge is 2.38. The molecule has 0 spiro atoms. The van der Waals surface area contributed by atoms with Gasteiger partial charge in [0, 0.05) is 28.0 Å². The molecule has 0 nitrogen and oxygen atoms in total. The molecule has 66 heavy (non-hydrogen) atoms. The molecule has 0 bridgehead atoms. The molecule has 11 aromatic rings. The minimum absolute atomic E-state index is 0.0603. The van der Waals surface area contributed by atoms with Crippen molar-refractivity contribution in [3.63, 3.8) is 0 Å². The van der Waals surface area contributed by atoms with Crippen molar-refractivity contribution < 1.29 is 8.78 Å². The van der Waals surface area contributed by atoms with E-state index < -0.39 is 11.6 Å². The van der Waals surface area contributed by atoms with Gasteiger partial charge >= 0.3 is 0 Å². The van der Waals surface area contributed by atoms with Crippen LogP contribution in [0.3, 0.4) is 0 Å². The van der Waals surface area contributed by atoms with Crippen LogP contribution in [0, 0.1) is 11.6 Å². The minimum Gasteiger partial charge on any atom is -0.207 e. The Hall–Kier alpha value is -7.68. The van der Waals surface area contributed by atoms with Gasteiger partial charge < -0.3 is 0 Å². The van der Waals surface area contributed by atoms with E-state index in [4.69, 9.17) is 0 Å². The summed E-state index contributed by atoms with van der Waals surface area (Å²) in [5.74, 6) is -1.17. The summed E-state index contributed by atoms with van der Waals surface area (Å²) < 4.78 is 30.1. The summed E-state index contributed by atoms with van der Waals surface area (Å²) in [7, 11) is 0. The lowest BCUT2D eigenvalue weighted by molar-refractivity contribution is 0.586. The van der Waals surface area contributed by atoms with Gasteiger partial charge in [-0.25, -0.2) is 8.78 Å². The number of halogens is 2. The lowest BCUT2D eigenvalue weighted by Gasteiger charge is -2.24. The molecule has 0 saturated carbocycles. The van der Waals surface area contributed by atoms with Crippen LogP contribution < -0.4 is 0 Å². The van der Waals surface area contributed by atoms with Gasteiger partial charge in [0.25, 0.3) is 0 Å². The smallest absolute Gasteiger partial charge is 0.133 e. The molecule has 2 aliphatic carbocycles. The summed E-state index contributed by atoms with van der Waals surface area (Å²) in [6, 6.07) is 68.2. The van der Waals surface area contributed by atoms with E-state index in [2.05, 4.69) is 191 Å². The molecular formula is C64H44F2. The number of fused-ring (bicyclic) bond motifs is 10. The summed E-state index contributed by atoms with van der Waals surface area (Å²) in [4.78, 5) is 0. The molecule has 0 aromatic heterocycles. The molecule has 0 aliphatic heterocycles. The lowest BCUT2D eigenvalue weighted by atomic mass is 9.79. The summed E-state index contributed by atoms with van der Waals surface area (Å²) in [5.41, 5.74) is 18.7. The summed E-state index contributed by atoms with van der Waals surface area (Å²) in [6.45, 7) is 9.46.